The molecule has 1 aromatic heterocycles. The van der Waals surface area contributed by atoms with Crippen LogP contribution in [0.1, 0.15) is 11.1 Å². The number of rotatable bonds is 9. The summed E-state index contributed by atoms with van der Waals surface area (Å²) in [7, 11) is 0. The lowest BCUT2D eigenvalue weighted by Crippen LogP contribution is -2.12. The number of hydrogen-bond acceptors (Lipinski definition) is 2. The van der Waals surface area contributed by atoms with E-state index in [0.29, 0.717) is 0 Å². The number of nitrogens with zero attached hydrogens (tertiary/aromatic N) is 3. The number of para-hydroxylation sites is 3. The van der Waals surface area contributed by atoms with Crippen LogP contribution in [-0.4, -0.2) is 4.57 Å². The summed E-state index contributed by atoms with van der Waals surface area (Å²) in [5, 5.41) is 2.48. The van der Waals surface area contributed by atoms with Crippen molar-refractivity contribution in [2.24, 2.45) is 0 Å². The Kier molecular flexibility index (Phi) is 8.58. The van der Waals surface area contributed by atoms with E-state index in [1.807, 2.05) is 6.08 Å². The van der Waals surface area contributed by atoms with Gasteiger partial charge in [-0.3, -0.25) is 0 Å². The summed E-state index contributed by atoms with van der Waals surface area (Å²) in [5.41, 5.74) is 14.9. The molecule has 0 saturated heterocycles. The number of aromatic nitrogens is 1. The molecule has 0 unspecified atom stereocenters. The third kappa shape index (κ3) is 6.12. The Morgan fingerprint density at radius 1 is 0.407 bits per heavy atom. The maximum Gasteiger partial charge on any atom is 0.0541 e. The van der Waals surface area contributed by atoms with Crippen LogP contribution in [0.25, 0.3) is 44.7 Å². The summed E-state index contributed by atoms with van der Waals surface area (Å²) >= 11 is 0. The summed E-state index contributed by atoms with van der Waals surface area (Å²) in [4.78, 5) is 4.62. The topological polar surface area (TPSA) is 11.4 Å². The highest BCUT2D eigenvalue weighted by Crippen LogP contribution is 2.40. The Morgan fingerprint density at radius 2 is 0.852 bits per heavy atom. The largest absolute Gasteiger partial charge is 0.311 e. The first-order valence-electron chi connectivity index (χ1n) is 18.4. The number of hydrogen-bond donors (Lipinski definition) is 0. The van der Waals surface area contributed by atoms with E-state index in [1.165, 1.54) is 38.5 Å². The highest BCUT2D eigenvalue weighted by atomic mass is 15.2. The molecule has 9 rings (SSSR count). The van der Waals surface area contributed by atoms with E-state index >= 15 is 0 Å². The van der Waals surface area contributed by atoms with E-state index in [0.717, 1.165) is 45.4 Å². The van der Waals surface area contributed by atoms with Crippen LogP contribution >= 0.6 is 0 Å². The van der Waals surface area contributed by atoms with Crippen molar-refractivity contribution in [3.63, 3.8) is 0 Å². The first-order valence-corrected chi connectivity index (χ1v) is 18.4. The summed E-state index contributed by atoms with van der Waals surface area (Å²) in [6, 6.07) is 71.7. The van der Waals surface area contributed by atoms with Gasteiger partial charge < -0.3 is 14.4 Å². The van der Waals surface area contributed by atoms with Crippen LogP contribution in [0, 0.1) is 6.92 Å². The van der Waals surface area contributed by atoms with Gasteiger partial charge in [-0.25, -0.2) is 0 Å². The second-order valence-corrected chi connectivity index (χ2v) is 13.6. The van der Waals surface area contributed by atoms with Crippen molar-refractivity contribution in [3.8, 4) is 16.8 Å². The van der Waals surface area contributed by atoms with Crippen LogP contribution in [0.5, 0.6) is 0 Å². The second kappa shape index (κ2) is 14.1. The maximum absolute atomic E-state index is 3.93. The molecule has 0 fully saturated rings. The van der Waals surface area contributed by atoms with Crippen molar-refractivity contribution < 1.29 is 0 Å². The van der Waals surface area contributed by atoms with Gasteiger partial charge in [-0.05, 0) is 127 Å². The number of benzene rings is 8. The Balaban J connectivity index is 1.08. The second-order valence-electron chi connectivity index (χ2n) is 13.6. The van der Waals surface area contributed by atoms with Gasteiger partial charge in [-0.2, -0.15) is 0 Å². The van der Waals surface area contributed by atoms with Gasteiger partial charge in [0, 0.05) is 50.6 Å². The van der Waals surface area contributed by atoms with Crippen molar-refractivity contribution in [2.45, 2.75) is 6.92 Å². The molecule has 0 atom stereocenters. The van der Waals surface area contributed by atoms with E-state index in [-0.39, 0.29) is 0 Å². The smallest absolute Gasteiger partial charge is 0.0541 e. The van der Waals surface area contributed by atoms with E-state index in [4.69, 9.17) is 0 Å². The van der Waals surface area contributed by atoms with Crippen molar-refractivity contribution in [3.05, 3.63) is 218 Å². The van der Waals surface area contributed by atoms with E-state index in [9.17, 15) is 0 Å². The summed E-state index contributed by atoms with van der Waals surface area (Å²) in [5.74, 6) is 0. The maximum atomic E-state index is 3.93. The van der Waals surface area contributed by atoms with Gasteiger partial charge in [0.15, 0.2) is 0 Å². The predicted octanol–water partition coefficient (Wildman–Crippen LogP) is 14.3. The first kappa shape index (κ1) is 32.8. The van der Waals surface area contributed by atoms with Crippen molar-refractivity contribution in [2.75, 3.05) is 9.80 Å². The normalized spacial score (nSPS) is 11.1. The molecule has 0 amide bonds. The molecular weight excluding hydrogens is 655 g/mol. The summed E-state index contributed by atoms with van der Waals surface area (Å²) in [6.45, 7) is 6.06. The molecule has 0 bridgehead atoms. The molecule has 3 nitrogen and oxygen atoms in total. The fraction of sp³-hybridized carbons (Fsp3) is 0.0196. The standard InChI is InChI=1S/C51H39N3/c1-3-38-20-27-47(28-21-38)54-50-17-11-10-16-48(50)49-36-40(24-35-51(49)54)39-22-29-44(30-23-39)53(43-25-18-37(2)19-26-43)46-33-31-45(32-34-46)52(41-12-6-4-7-13-41)42-14-8-5-9-15-42/h3-36H,1H2,2H3. The van der Waals surface area contributed by atoms with E-state index in [2.05, 4.69) is 228 Å². The zero-order chi connectivity index (χ0) is 36.4. The Bertz CT molecular complexity index is 2650. The van der Waals surface area contributed by atoms with Gasteiger partial charge in [0.05, 0.1) is 11.0 Å². The lowest BCUT2D eigenvalue weighted by Gasteiger charge is -2.28. The van der Waals surface area contributed by atoms with Gasteiger partial charge in [-0.1, -0.05) is 115 Å². The van der Waals surface area contributed by atoms with Gasteiger partial charge in [0.25, 0.3) is 0 Å². The molecule has 54 heavy (non-hydrogen) atoms. The molecule has 0 spiro atoms. The zero-order valence-corrected chi connectivity index (χ0v) is 30.2. The zero-order valence-electron chi connectivity index (χ0n) is 30.2. The molecule has 0 saturated carbocycles. The number of fused-ring (bicyclic) bond motifs is 3. The molecule has 3 heteroatoms. The fourth-order valence-corrected chi connectivity index (χ4v) is 7.49. The summed E-state index contributed by atoms with van der Waals surface area (Å²) < 4.78 is 2.36. The molecule has 0 aliphatic rings. The average Bonchev–Trinajstić information content (AvgIpc) is 3.57. The number of aryl methyl sites for hydroxylation is 1. The van der Waals surface area contributed by atoms with Gasteiger partial charge in [0.2, 0.25) is 0 Å². The minimum absolute atomic E-state index is 1.09. The molecule has 1 heterocycles. The SMILES string of the molecule is C=Cc1ccc(-n2c3ccccc3c3cc(-c4ccc(N(c5ccc(C)cc5)c5ccc(N(c6ccccc6)c6ccccc6)cc5)cc4)ccc32)cc1. The van der Waals surface area contributed by atoms with Crippen molar-refractivity contribution in [1.82, 2.24) is 4.57 Å². The third-order valence-electron chi connectivity index (χ3n) is 10.2. The minimum atomic E-state index is 1.09. The molecule has 0 aliphatic heterocycles. The van der Waals surface area contributed by atoms with Crippen LogP contribution in [0.2, 0.25) is 0 Å². The Labute approximate surface area is 316 Å². The highest BCUT2D eigenvalue weighted by Gasteiger charge is 2.17. The predicted molar refractivity (Wildman–Crippen MR) is 230 cm³/mol. The van der Waals surface area contributed by atoms with Crippen molar-refractivity contribution >= 4 is 62.0 Å². The van der Waals surface area contributed by atoms with Crippen LogP contribution in [0.3, 0.4) is 0 Å². The molecule has 8 aromatic carbocycles. The average molecular weight is 694 g/mol. The lowest BCUT2D eigenvalue weighted by molar-refractivity contribution is 1.18. The molecule has 0 aliphatic carbocycles. The van der Waals surface area contributed by atoms with Crippen LogP contribution in [0.15, 0.2) is 207 Å². The third-order valence-corrected chi connectivity index (χ3v) is 10.2. The van der Waals surface area contributed by atoms with E-state index in [1.54, 1.807) is 0 Å². The molecule has 0 N–H and O–H groups in total. The quantitative estimate of drug-likeness (QED) is 0.149. The monoisotopic (exact) mass is 693 g/mol. The molecule has 9 aromatic rings. The Morgan fingerprint density at radius 3 is 1.41 bits per heavy atom. The minimum Gasteiger partial charge on any atom is -0.311 e. The van der Waals surface area contributed by atoms with Crippen LogP contribution in [-0.2, 0) is 0 Å². The lowest BCUT2D eigenvalue weighted by atomic mass is 10.0. The highest BCUT2D eigenvalue weighted by molar-refractivity contribution is 6.10. The summed E-state index contributed by atoms with van der Waals surface area (Å²) in [6.07, 6.45) is 1.88. The van der Waals surface area contributed by atoms with E-state index < -0.39 is 0 Å². The van der Waals surface area contributed by atoms with Gasteiger partial charge in [-0.15, -0.1) is 0 Å². The van der Waals surface area contributed by atoms with Crippen LogP contribution in [0.4, 0.5) is 34.1 Å². The molecule has 258 valence electrons. The van der Waals surface area contributed by atoms with Gasteiger partial charge in [0.1, 0.15) is 0 Å². The van der Waals surface area contributed by atoms with Crippen LogP contribution < -0.4 is 9.80 Å². The Hall–Kier alpha value is -7.10. The molecular formula is C51H39N3. The molecule has 0 radical (unpaired) electrons. The first-order chi connectivity index (χ1) is 26.6. The van der Waals surface area contributed by atoms with Crippen molar-refractivity contribution in [1.29, 1.82) is 0 Å². The van der Waals surface area contributed by atoms with Gasteiger partial charge >= 0.3 is 0 Å². The number of anilines is 6. The fourth-order valence-electron chi connectivity index (χ4n) is 7.49.